The van der Waals surface area contributed by atoms with Gasteiger partial charge in [-0.3, -0.25) is 4.79 Å². The predicted octanol–water partition coefficient (Wildman–Crippen LogP) is 2.05. The molecule has 1 aromatic carbocycles. The smallest absolute Gasteiger partial charge is 0.312 e. The van der Waals surface area contributed by atoms with E-state index < -0.39 is 11.9 Å². The van der Waals surface area contributed by atoms with Crippen molar-refractivity contribution < 1.29 is 9.90 Å². The van der Waals surface area contributed by atoms with Crippen molar-refractivity contribution in [2.45, 2.75) is 33.6 Å². The highest BCUT2D eigenvalue weighted by Crippen LogP contribution is 2.28. The van der Waals surface area contributed by atoms with Crippen LogP contribution < -0.4 is 5.73 Å². The van der Waals surface area contributed by atoms with Crippen LogP contribution in [0.4, 0.5) is 0 Å². The van der Waals surface area contributed by atoms with E-state index in [1.165, 1.54) is 0 Å². The van der Waals surface area contributed by atoms with Gasteiger partial charge >= 0.3 is 5.97 Å². The second kappa shape index (κ2) is 4.66. The fourth-order valence-corrected chi connectivity index (χ4v) is 2.11. The lowest BCUT2D eigenvalue weighted by Crippen LogP contribution is -2.23. The summed E-state index contributed by atoms with van der Waals surface area (Å²) in [5.74, 6) is -1.45. The minimum Gasteiger partial charge on any atom is -0.481 e. The summed E-state index contributed by atoms with van der Waals surface area (Å²) in [6, 6.07) is 2.09. The molecule has 3 N–H and O–H groups in total. The topological polar surface area (TPSA) is 63.3 Å². The number of aryl methyl sites for hydroxylation is 2. The van der Waals surface area contributed by atoms with Crippen molar-refractivity contribution in [1.29, 1.82) is 0 Å². The minimum absolute atomic E-state index is 0.139. The molecule has 0 fully saturated rings. The molecule has 16 heavy (non-hydrogen) atoms. The Balaban J connectivity index is 3.47. The molecule has 0 bridgehead atoms. The number of carboxylic acid groups (broad SMARTS) is 1. The van der Waals surface area contributed by atoms with Crippen LogP contribution in [0.2, 0.25) is 0 Å². The number of nitrogens with two attached hydrogens (primary N) is 1. The number of benzene rings is 1. The summed E-state index contributed by atoms with van der Waals surface area (Å²) in [5, 5.41) is 9.18. The average molecular weight is 221 g/mol. The predicted molar refractivity (Wildman–Crippen MR) is 64.8 cm³/mol. The van der Waals surface area contributed by atoms with E-state index in [0.717, 1.165) is 27.8 Å². The lowest BCUT2D eigenvalue weighted by atomic mass is 9.86. The van der Waals surface area contributed by atoms with E-state index >= 15 is 0 Å². The fourth-order valence-electron chi connectivity index (χ4n) is 2.11. The van der Waals surface area contributed by atoms with Crippen LogP contribution in [0.3, 0.4) is 0 Å². The average Bonchev–Trinajstić information content (AvgIpc) is 2.21. The summed E-state index contributed by atoms with van der Waals surface area (Å²) < 4.78 is 0. The van der Waals surface area contributed by atoms with Gasteiger partial charge in [0.2, 0.25) is 0 Å². The van der Waals surface area contributed by atoms with Crippen molar-refractivity contribution in [2.75, 3.05) is 6.54 Å². The highest BCUT2D eigenvalue weighted by molar-refractivity contribution is 5.78. The van der Waals surface area contributed by atoms with Gasteiger partial charge in [-0.2, -0.15) is 0 Å². The molecule has 0 aliphatic carbocycles. The number of carboxylic acids is 1. The third kappa shape index (κ3) is 2.09. The molecule has 1 aromatic rings. The Morgan fingerprint density at radius 1 is 1.25 bits per heavy atom. The third-order valence-electron chi connectivity index (χ3n) is 3.31. The molecule has 88 valence electrons. The summed E-state index contributed by atoms with van der Waals surface area (Å²) in [6.45, 7) is 8.06. The molecule has 0 saturated heterocycles. The Morgan fingerprint density at radius 2 is 1.69 bits per heavy atom. The van der Waals surface area contributed by atoms with Crippen molar-refractivity contribution in [3.8, 4) is 0 Å². The molecule has 0 aliphatic rings. The van der Waals surface area contributed by atoms with Crippen LogP contribution in [-0.2, 0) is 4.79 Å². The van der Waals surface area contributed by atoms with E-state index in [9.17, 15) is 9.90 Å². The maximum absolute atomic E-state index is 11.2. The lowest BCUT2D eigenvalue weighted by Gasteiger charge is -2.20. The van der Waals surface area contributed by atoms with Gasteiger partial charge in [-0.25, -0.2) is 0 Å². The van der Waals surface area contributed by atoms with Gasteiger partial charge in [-0.15, -0.1) is 0 Å². The van der Waals surface area contributed by atoms with E-state index in [1.807, 2.05) is 27.7 Å². The van der Waals surface area contributed by atoms with E-state index in [2.05, 4.69) is 6.07 Å². The summed E-state index contributed by atoms with van der Waals surface area (Å²) >= 11 is 0. The fraction of sp³-hybridized carbons (Fsp3) is 0.462. The van der Waals surface area contributed by atoms with Crippen LogP contribution in [0, 0.1) is 27.7 Å². The Morgan fingerprint density at radius 3 is 2.00 bits per heavy atom. The number of aliphatic carboxylic acids is 1. The zero-order valence-corrected chi connectivity index (χ0v) is 10.3. The first-order valence-electron chi connectivity index (χ1n) is 5.40. The third-order valence-corrected chi connectivity index (χ3v) is 3.31. The summed E-state index contributed by atoms with van der Waals surface area (Å²) in [4.78, 5) is 11.2. The van der Waals surface area contributed by atoms with Gasteiger partial charge in [0.15, 0.2) is 0 Å². The largest absolute Gasteiger partial charge is 0.481 e. The van der Waals surface area contributed by atoms with Crippen LogP contribution in [0.5, 0.6) is 0 Å². The van der Waals surface area contributed by atoms with Crippen LogP contribution in [0.1, 0.15) is 33.7 Å². The molecule has 0 amide bonds. The van der Waals surface area contributed by atoms with Crippen LogP contribution in [-0.4, -0.2) is 17.6 Å². The molecule has 0 saturated carbocycles. The summed E-state index contributed by atoms with van der Waals surface area (Å²) in [7, 11) is 0. The maximum Gasteiger partial charge on any atom is 0.312 e. The first-order valence-corrected chi connectivity index (χ1v) is 5.40. The van der Waals surface area contributed by atoms with Crippen LogP contribution >= 0.6 is 0 Å². The van der Waals surface area contributed by atoms with Crippen molar-refractivity contribution >= 4 is 5.97 Å². The van der Waals surface area contributed by atoms with Crippen LogP contribution in [0.25, 0.3) is 0 Å². The van der Waals surface area contributed by atoms with Crippen molar-refractivity contribution in [2.24, 2.45) is 5.73 Å². The Bertz CT molecular complexity index is 398. The Hall–Kier alpha value is -1.35. The number of carbonyl (C=O) groups is 1. The van der Waals surface area contributed by atoms with E-state index in [4.69, 9.17) is 5.73 Å². The van der Waals surface area contributed by atoms with Gasteiger partial charge < -0.3 is 10.8 Å². The van der Waals surface area contributed by atoms with Gasteiger partial charge in [0.25, 0.3) is 0 Å². The molecule has 3 nitrogen and oxygen atoms in total. The monoisotopic (exact) mass is 221 g/mol. The zero-order chi connectivity index (χ0) is 12.5. The summed E-state index contributed by atoms with van der Waals surface area (Å²) in [5.41, 5.74) is 10.8. The standard InChI is InChI=1S/C13H19NO2/c1-7-5-8(2)10(4)12(9(7)3)11(6-14)13(15)16/h5,11H,6,14H2,1-4H3,(H,15,16). The van der Waals surface area contributed by atoms with E-state index in [1.54, 1.807) is 0 Å². The molecule has 0 spiro atoms. The van der Waals surface area contributed by atoms with E-state index in [-0.39, 0.29) is 6.54 Å². The Labute approximate surface area is 96.3 Å². The number of hydrogen-bond donors (Lipinski definition) is 2. The molecule has 0 aliphatic heterocycles. The van der Waals surface area contributed by atoms with Gasteiger partial charge in [0.1, 0.15) is 0 Å². The van der Waals surface area contributed by atoms with Gasteiger partial charge in [0.05, 0.1) is 5.92 Å². The SMILES string of the molecule is Cc1cc(C)c(C)c(C(CN)C(=O)O)c1C. The van der Waals surface area contributed by atoms with Crippen LogP contribution in [0.15, 0.2) is 6.07 Å². The summed E-state index contributed by atoms with van der Waals surface area (Å²) in [6.07, 6.45) is 0. The minimum atomic E-state index is -0.848. The molecule has 1 rings (SSSR count). The molecule has 0 aromatic heterocycles. The lowest BCUT2D eigenvalue weighted by molar-refractivity contribution is -0.138. The first-order chi connectivity index (χ1) is 7.40. The van der Waals surface area contributed by atoms with Gasteiger partial charge in [-0.1, -0.05) is 6.07 Å². The molecule has 0 radical (unpaired) electrons. The van der Waals surface area contributed by atoms with Crippen molar-refractivity contribution in [3.63, 3.8) is 0 Å². The van der Waals surface area contributed by atoms with Crippen molar-refractivity contribution in [3.05, 3.63) is 33.9 Å². The zero-order valence-electron chi connectivity index (χ0n) is 10.3. The molecular weight excluding hydrogens is 202 g/mol. The molecule has 0 heterocycles. The van der Waals surface area contributed by atoms with Gasteiger partial charge in [0, 0.05) is 6.54 Å². The molecular formula is C13H19NO2. The molecule has 1 atom stereocenters. The second-order valence-corrected chi connectivity index (χ2v) is 4.30. The first kappa shape index (κ1) is 12.7. The highest BCUT2D eigenvalue weighted by atomic mass is 16.4. The second-order valence-electron chi connectivity index (χ2n) is 4.30. The number of rotatable bonds is 3. The normalized spacial score (nSPS) is 12.6. The number of hydrogen-bond acceptors (Lipinski definition) is 2. The highest BCUT2D eigenvalue weighted by Gasteiger charge is 2.23. The molecule has 3 heteroatoms. The molecule has 1 unspecified atom stereocenters. The maximum atomic E-state index is 11.2. The van der Waals surface area contributed by atoms with Crippen molar-refractivity contribution in [1.82, 2.24) is 0 Å². The van der Waals surface area contributed by atoms with Gasteiger partial charge in [-0.05, 0) is 55.5 Å². The quantitative estimate of drug-likeness (QED) is 0.821. The Kier molecular flexibility index (Phi) is 3.70. The van der Waals surface area contributed by atoms with E-state index in [0.29, 0.717) is 0 Å².